The monoisotopic (exact) mass is 313 g/mol. The summed E-state index contributed by atoms with van der Waals surface area (Å²) in [6.07, 6.45) is 0. The first-order valence-electron chi connectivity index (χ1n) is 8.06. The number of nitrogens with two attached hydrogens (primary N) is 1. The molecule has 1 aliphatic rings. The van der Waals surface area contributed by atoms with Gasteiger partial charge in [0.15, 0.2) is 0 Å². The van der Waals surface area contributed by atoms with Crippen LogP contribution in [-0.4, -0.2) is 6.54 Å². The quantitative estimate of drug-likeness (QED) is 0.616. The number of fused-ring (bicyclic) bond motifs is 1. The molecular formula is C21H19N3. The third kappa shape index (κ3) is 2.72. The molecule has 1 heterocycles. The molecule has 0 radical (unpaired) electrons. The summed E-state index contributed by atoms with van der Waals surface area (Å²) in [5, 5.41) is 7.05. The number of anilines is 3. The van der Waals surface area contributed by atoms with Crippen LogP contribution < -0.4 is 16.4 Å². The molecule has 0 aromatic heterocycles. The summed E-state index contributed by atoms with van der Waals surface area (Å²) in [6.45, 7) is 0.804. The fraction of sp³-hybridized carbons (Fsp3) is 0.0476. The average Bonchev–Trinajstić information content (AvgIpc) is 3.04. The molecule has 0 aliphatic carbocycles. The zero-order chi connectivity index (χ0) is 16.4. The Morgan fingerprint density at radius 2 is 1.67 bits per heavy atom. The molecule has 0 saturated carbocycles. The van der Waals surface area contributed by atoms with Gasteiger partial charge in [-0.05, 0) is 29.8 Å². The Balaban J connectivity index is 1.85. The van der Waals surface area contributed by atoms with Crippen molar-refractivity contribution in [1.82, 2.24) is 0 Å². The predicted octanol–water partition coefficient (Wildman–Crippen LogP) is 4.67. The van der Waals surface area contributed by atoms with Crippen molar-refractivity contribution in [3.63, 3.8) is 0 Å². The standard InChI is InChI=1S/C21H19N3/c22-16-9-6-10-17(13-16)24-21(15-7-2-1-3-8-15)19-14-23-20-12-5-4-11-18(19)20/h1-13,23-24H,14,22H2/b21-19+. The molecule has 118 valence electrons. The van der Waals surface area contributed by atoms with E-state index in [1.54, 1.807) is 0 Å². The Morgan fingerprint density at radius 1 is 0.875 bits per heavy atom. The van der Waals surface area contributed by atoms with E-state index >= 15 is 0 Å². The molecule has 0 amide bonds. The van der Waals surface area contributed by atoms with Crippen molar-refractivity contribution in [2.45, 2.75) is 0 Å². The molecule has 0 bridgehead atoms. The van der Waals surface area contributed by atoms with Gasteiger partial charge in [-0.15, -0.1) is 0 Å². The number of nitrogens with one attached hydrogen (secondary N) is 2. The van der Waals surface area contributed by atoms with Crippen LogP contribution in [-0.2, 0) is 0 Å². The topological polar surface area (TPSA) is 50.1 Å². The first-order valence-corrected chi connectivity index (χ1v) is 8.06. The van der Waals surface area contributed by atoms with Gasteiger partial charge in [-0.25, -0.2) is 0 Å². The first-order chi connectivity index (χ1) is 11.8. The third-order valence-electron chi connectivity index (χ3n) is 4.23. The largest absolute Gasteiger partial charge is 0.399 e. The Kier molecular flexibility index (Phi) is 3.67. The van der Waals surface area contributed by atoms with Gasteiger partial charge in [-0.2, -0.15) is 0 Å². The summed E-state index contributed by atoms with van der Waals surface area (Å²) in [5.41, 5.74) is 13.6. The third-order valence-corrected chi connectivity index (χ3v) is 4.23. The number of nitrogen functional groups attached to an aromatic ring is 1. The fourth-order valence-corrected chi connectivity index (χ4v) is 3.09. The van der Waals surface area contributed by atoms with Gasteiger partial charge in [0, 0.05) is 34.7 Å². The van der Waals surface area contributed by atoms with Gasteiger partial charge >= 0.3 is 0 Å². The van der Waals surface area contributed by atoms with Crippen molar-refractivity contribution in [2.24, 2.45) is 0 Å². The van der Waals surface area contributed by atoms with Crippen LogP contribution in [0.4, 0.5) is 17.1 Å². The smallest absolute Gasteiger partial charge is 0.0515 e. The van der Waals surface area contributed by atoms with E-state index in [2.05, 4.69) is 59.2 Å². The normalized spacial score (nSPS) is 14.7. The predicted molar refractivity (Wildman–Crippen MR) is 103 cm³/mol. The Bertz CT molecular complexity index is 898. The minimum atomic E-state index is 0.752. The van der Waals surface area contributed by atoms with Gasteiger partial charge in [-0.1, -0.05) is 54.6 Å². The van der Waals surface area contributed by atoms with Gasteiger partial charge in [0.2, 0.25) is 0 Å². The SMILES string of the molecule is Nc1cccc(N/C(=C2\CNc3ccccc32)c2ccccc2)c1. The summed E-state index contributed by atoms with van der Waals surface area (Å²) in [5.74, 6) is 0. The van der Waals surface area contributed by atoms with E-state index in [0.717, 1.165) is 29.2 Å². The second kappa shape index (κ2) is 6.13. The van der Waals surface area contributed by atoms with E-state index in [1.807, 2.05) is 30.3 Å². The molecule has 3 heteroatoms. The lowest BCUT2D eigenvalue weighted by molar-refractivity contribution is 1.43. The maximum atomic E-state index is 5.93. The molecule has 1 aliphatic heterocycles. The van der Waals surface area contributed by atoms with Crippen LogP contribution in [0.3, 0.4) is 0 Å². The number of rotatable bonds is 3. The molecule has 0 saturated heterocycles. The van der Waals surface area contributed by atoms with Gasteiger partial charge in [0.05, 0.1) is 5.70 Å². The highest BCUT2D eigenvalue weighted by atomic mass is 14.9. The molecule has 3 nitrogen and oxygen atoms in total. The van der Waals surface area contributed by atoms with Crippen LogP contribution in [0.25, 0.3) is 11.3 Å². The second-order valence-corrected chi connectivity index (χ2v) is 5.87. The Morgan fingerprint density at radius 3 is 2.50 bits per heavy atom. The van der Waals surface area contributed by atoms with Crippen molar-refractivity contribution in [3.05, 3.63) is 90.0 Å². The van der Waals surface area contributed by atoms with Crippen molar-refractivity contribution in [1.29, 1.82) is 0 Å². The van der Waals surface area contributed by atoms with Gasteiger partial charge < -0.3 is 16.4 Å². The van der Waals surface area contributed by atoms with Gasteiger partial charge in [0.1, 0.15) is 0 Å². The molecule has 0 spiro atoms. The summed E-state index contributed by atoms with van der Waals surface area (Å²) in [7, 11) is 0. The zero-order valence-electron chi connectivity index (χ0n) is 13.3. The zero-order valence-corrected chi connectivity index (χ0v) is 13.3. The summed E-state index contributed by atoms with van der Waals surface area (Å²) in [4.78, 5) is 0. The highest BCUT2D eigenvalue weighted by Crippen LogP contribution is 2.36. The highest BCUT2D eigenvalue weighted by Gasteiger charge is 2.20. The number of para-hydroxylation sites is 1. The fourth-order valence-electron chi connectivity index (χ4n) is 3.09. The molecule has 4 rings (SSSR count). The summed E-state index contributed by atoms with van der Waals surface area (Å²) >= 11 is 0. The number of hydrogen-bond donors (Lipinski definition) is 3. The van der Waals surface area contributed by atoms with Crippen molar-refractivity contribution < 1.29 is 0 Å². The van der Waals surface area contributed by atoms with E-state index in [-0.39, 0.29) is 0 Å². The molecule has 3 aromatic rings. The molecule has 0 fully saturated rings. The van der Waals surface area contributed by atoms with Crippen LogP contribution in [0.5, 0.6) is 0 Å². The van der Waals surface area contributed by atoms with E-state index in [9.17, 15) is 0 Å². The maximum Gasteiger partial charge on any atom is 0.0515 e. The van der Waals surface area contributed by atoms with Gasteiger partial charge in [-0.3, -0.25) is 0 Å². The highest BCUT2D eigenvalue weighted by molar-refractivity contribution is 6.02. The second-order valence-electron chi connectivity index (χ2n) is 5.87. The minimum Gasteiger partial charge on any atom is -0.399 e. The van der Waals surface area contributed by atoms with Crippen molar-refractivity contribution >= 4 is 28.3 Å². The molecule has 0 unspecified atom stereocenters. The lowest BCUT2D eigenvalue weighted by Crippen LogP contribution is -2.05. The van der Waals surface area contributed by atoms with Crippen LogP contribution in [0.15, 0.2) is 78.9 Å². The van der Waals surface area contributed by atoms with Crippen molar-refractivity contribution in [3.8, 4) is 0 Å². The van der Waals surface area contributed by atoms with E-state index in [0.29, 0.717) is 0 Å². The maximum absolute atomic E-state index is 5.93. The average molecular weight is 313 g/mol. The van der Waals surface area contributed by atoms with E-state index in [4.69, 9.17) is 5.73 Å². The lowest BCUT2D eigenvalue weighted by atomic mass is 10.0. The van der Waals surface area contributed by atoms with Crippen molar-refractivity contribution in [2.75, 3.05) is 22.9 Å². The van der Waals surface area contributed by atoms with Crippen LogP contribution >= 0.6 is 0 Å². The summed E-state index contributed by atoms with van der Waals surface area (Å²) < 4.78 is 0. The molecule has 0 atom stereocenters. The van der Waals surface area contributed by atoms with E-state index in [1.165, 1.54) is 16.8 Å². The Labute approximate surface area is 141 Å². The van der Waals surface area contributed by atoms with Crippen LogP contribution in [0.2, 0.25) is 0 Å². The Hall–Kier alpha value is -3.20. The molecule has 4 N–H and O–H groups in total. The van der Waals surface area contributed by atoms with E-state index < -0.39 is 0 Å². The van der Waals surface area contributed by atoms with Crippen LogP contribution in [0.1, 0.15) is 11.1 Å². The minimum absolute atomic E-state index is 0.752. The lowest BCUT2D eigenvalue weighted by Gasteiger charge is -2.16. The summed E-state index contributed by atoms with van der Waals surface area (Å²) in [6, 6.07) is 26.7. The molecular weight excluding hydrogens is 294 g/mol. The number of hydrogen-bond acceptors (Lipinski definition) is 3. The first kappa shape index (κ1) is 14.4. The van der Waals surface area contributed by atoms with Gasteiger partial charge in [0.25, 0.3) is 0 Å². The molecule has 24 heavy (non-hydrogen) atoms. The molecule has 3 aromatic carbocycles. The van der Waals surface area contributed by atoms with Crippen LogP contribution in [0, 0.1) is 0 Å². The number of benzene rings is 3.